The summed E-state index contributed by atoms with van der Waals surface area (Å²) in [5.74, 6) is 0. The van der Waals surface area contributed by atoms with Gasteiger partial charge in [-0.05, 0) is 47.6 Å². The number of ether oxygens (including phenoxy) is 1. The van der Waals surface area contributed by atoms with Crippen LogP contribution in [0.5, 0.6) is 0 Å². The predicted octanol–water partition coefficient (Wildman–Crippen LogP) is 4.83. The third-order valence-electron chi connectivity index (χ3n) is 7.97. The average Bonchev–Trinajstić information content (AvgIpc) is 3.48. The molecule has 0 bridgehead atoms. The lowest BCUT2D eigenvalue weighted by atomic mass is 9.95. The van der Waals surface area contributed by atoms with Gasteiger partial charge in [-0.1, -0.05) is 38.1 Å². The van der Waals surface area contributed by atoms with Crippen LogP contribution in [0.25, 0.3) is 21.7 Å². The molecule has 0 amide bonds. The van der Waals surface area contributed by atoms with Crippen LogP contribution in [0, 0.1) is 28.1 Å². The summed E-state index contributed by atoms with van der Waals surface area (Å²) in [6.45, 7) is 10.1. The second-order valence-electron chi connectivity index (χ2n) is 12.8. The topological polar surface area (TPSA) is 146 Å². The van der Waals surface area contributed by atoms with Gasteiger partial charge in [-0.25, -0.2) is 4.68 Å². The molecule has 44 heavy (non-hydrogen) atoms. The number of rotatable bonds is 7. The molecule has 1 saturated heterocycles. The molecule has 11 nitrogen and oxygen atoms in total. The van der Waals surface area contributed by atoms with Crippen molar-refractivity contribution in [2.75, 3.05) is 30.4 Å². The molecule has 5 aromatic rings. The van der Waals surface area contributed by atoms with Crippen LogP contribution in [-0.2, 0) is 17.3 Å². The molecule has 0 spiro atoms. The number of nitriles is 2. The lowest BCUT2D eigenvalue weighted by Crippen LogP contribution is -2.49. The number of hydrogen-bond acceptors (Lipinski definition) is 9. The van der Waals surface area contributed by atoms with Crippen LogP contribution in [-0.4, -0.2) is 44.3 Å². The second-order valence-corrected chi connectivity index (χ2v) is 12.8. The fourth-order valence-electron chi connectivity index (χ4n) is 5.43. The third-order valence-corrected chi connectivity index (χ3v) is 7.97. The van der Waals surface area contributed by atoms with Crippen molar-refractivity contribution in [3.8, 4) is 12.1 Å². The Kier molecular flexibility index (Phi) is 7.07. The number of nitrogens with zero attached hydrogens (tertiary/aromatic N) is 7. The zero-order chi connectivity index (χ0) is 31.2. The highest BCUT2D eigenvalue weighted by molar-refractivity contribution is 5.99. The highest BCUT2D eigenvalue weighted by atomic mass is 16.5. The number of anilines is 2. The van der Waals surface area contributed by atoms with Crippen LogP contribution in [0.1, 0.15) is 56.1 Å². The van der Waals surface area contributed by atoms with Gasteiger partial charge in [0.05, 0.1) is 47.8 Å². The molecule has 1 aliphatic rings. The lowest BCUT2D eigenvalue weighted by molar-refractivity contribution is -0.0965. The minimum absolute atomic E-state index is 0.0549. The van der Waals surface area contributed by atoms with E-state index in [4.69, 9.17) is 4.74 Å². The number of hydrogen-bond donors (Lipinski definition) is 2. The molecule has 6 rings (SSSR count). The second kappa shape index (κ2) is 10.8. The van der Waals surface area contributed by atoms with Crippen molar-refractivity contribution in [2.45, 2.75) is 39.3 Å². The van der Waals surface area contributed by atoms with Gasteiger partial charge in [0.25, 0.3) is 5.56 Å². The van der Waals surface area contributed by atoms with E-state index >= 15 is 0 Å². The van der Waals surface area contributed by atoms with Crippen molar-refractivity contribution < 1.29 is 4.74 Å². The number of benzene rings is 2. The van der Waals surface area contributed by atoms with Gasteiger partial charge < -0.3 is 19.9 Å². The Morgan fingerprint density at radius 2 is 1.86 bits per heavy atom. The van der Waals surface area contributed by atoms with Crippen molar-refractivity contribution in [1.82, 2.24) is 24.5 Å². The largest absolute Gasteiger partial charge is 0.383 e. The van der Waals surface area contributed by atoms with Crippen LogP contribution in [0.15, 0.2) is 59.8 Å². The van der Waals surface area contributed by atoms with Crippen molar-refractivity contribution in [3.63, 3.8) is 0 Å². The Hall–Kier alpha value is -5.26. The number of fused-ring (bicyclic) bond motifs is 2. The van der Waals surface area contributed by atoms with Gasteiger partial charge in [0.15, 0.2) is 0 Å². The zero-order valence-electron chi connectivity index (χ0n) is 25.3. The predicted molar refractivity (Wildman–Crippen MR) is 168 cm³/mol. The fourth-order valence-corrected chi connectivity index (χ4v) is 5.43. The standard InChI is InChI=1S/C33H33N9O2/c1-32(2,3)17-37-29-21(14-35)15-36-28-20(13-34)11-22(12-26(28)29)38-30(27-16-42(40-39-27)33(4)18-44-19-33)24-7-6-8-25-23(24)9-10-41(5)31(25)43/h6-12,15-16,30,38H,17-19H2,1-5H3,(H,36,37). The van der Waals surface area contributed by atoms with Crippen LogP contribution in [0.3, 0.4) is 0 Å². The highest BCUT2D eigenvalue weighted by Gasteiger charge is 2.37. The van der Waals surface area contributed by atoms with Gasteiger partial charge in [-0.15, -0.1) is 5.10 Å². The molecule has 0 aliphatic carbocycles. The van der Waals surface area contributed by atoms with Crippen molar-refractivity contribution >= 4 is 33.1 Å². The first-order valence-corrected chi connectivity index (χ1v) is 14.4. The Balaban J connectivity index is 1.53. The smallest absolute Gasteiger partial charge is 0.258 e. The van der Waals surface area contributed by atoms with Crippen LogP contribution < -0.4 is 16.2 Å². The third kappa shape index (κ3) is 5.12. The average molecular weight is 588 g/mol. The van der Waals surface area contributed by atoms with E-state index < -0.39 is 6.04 Å². The molecule has 0 saturated carbocycles. The van der Waals surface area contributed by atoms with E-state index in [-0.39, 0.29) is 16.5 Å². The monoisotopic (exact) mass is 587 g/mol. The van der Waals surface area contributed by atoms with Crippen LogP contribution in [0.4, 0.5) is 11.4 Å². The van der Waals surface area contributed by atoms with Crippen molar-refractivity contribution in [2.24, 2.45) is 12.5 Å². The quantitative estimate of drug-likeness (QED) is 0.273. The molecular weight excluding hydrogens is 554 g/mol. The molecule has 1 unspecified atom stereocenters. The zero-order valence-corrected chi connectivity index (χ0v) is 25.3. The van der Waals surface area contributed by atoms with Gasteiger partial charge >= 0.3 is 0 Å². The molecule has 1 fully saturated rings. The first-order chi connectivity index (χ1) is 21.0. The number of nitrogens with one attached hydrogen (secondary N) is 2. The Bertz CT molecular complexity index is 2050. The molecule has 1 atom stereocenters. The summed E-state index contributed by atoms with van der Waals surface area (Å²) in [5.41, 5.74) is 3.52. The molecule has 0 radical (unpaired) electrons. The van der Waals surface area contributed by atoms with Gasteiger partial charge in [0, 0.05) is 42.4 Å². The van der Waals surface area contributed by atoms with E-state index in [1.165, 1.54) is 6.20 Å². The Labute approximate surface area is 254 Å². The normalized spacial score (nSPS) is 14.9. The fraction of sp³-hybridized carbons (Fsp3) is 0.333. The summed E-state index contributed by atoms with van der Waals surface area (Å²) in [6.07, 6.45) is 5.16. The molecule has 3 aromatic heterocycles. The SMILES string of the molecule is Cn1ccc2c(C(Nc3cc(C#N)c4ncc(C#N)c(NCC(C)(C)C)c4c3)c3cn(C4(C)COC4)nn3)cccc2c1=O. The molecule has 4 heterocycles. The lowest BCUT2D eigenvalue weighted by Gasteiger charge is -2.37. The Morgan fingerprint density at radius 3 is 2.55 bits per heavy atom. The minimum Gasteiger partial charge on any atom is -0.383 e. The molecule has 2 aromatic carbocycles. The van der Waals surface area contributed by atoms with Gasteiger partial charge in [-0.2, -0.15) is 10.5 Å². The van der Waals surface area contributed by atoms with Crippen LogP contribution in [0.2, 0.25) is 0 Å². The minimum atomic E-state index is -0.536. The number of aryl methyl sites for hydroxylation is 1. The van der Waals surface area contributed by atoms with E-state index in [9.17, 15) is 15.3 Å². The maximum Gasteiger partial charge on any atom is 0.258 e. The summed E-state index contributed by atoms with van der Waals surface area (Å²) >= 11 is 0. The first-order valence-electron chi connectivity index (χ1n) is 14.4. The van der Waals surface area contributed by atoms with Crippen molar-refractivity contribution in [1.29, 1.82) is 10.5 Å². The number of pyridine rings is 2. The molecular formula is C33H33N9O2. The maximum atomic E-state index is 13.1. The van der Waals surface area contributed by atoms with Crippen molar-refractivity contribution in [3.05, 3.63) is 87.7 Å². The highest BCUT2D eigenvalue weighted by Crippen LogP contribution is 2.36. The van der Waals surface area contributed by atoms with E-state index in [2.05, 4.69) is 65.8 Å². The molecule has 2 N–H and O–H groups in total. The molecule has 1 aliphatic heterocycles. The summed E-state index contributed by atoms with van der Waals surface area (Å²) in [7, 11) is 1.73. The Morgan fingerprint density at radius 1 is 1.09 bits per heavy atom. The van der Waals surface area contributed by atoms with E-state index in [1.807, 2.05) is 41.2 Å². The summed E-state index contributed by atoms with van der Waals surface area (Å²) in [6, 6.07) is 15.2. The van der Waals surface area contributed by atoms with Gasteiger partial charge in [-0.3, -0.25) is 9.78 Å². The molecule has 11 heteroatoms. The molecule has 222 valence electrons. The van der Waals surface area contributed by atoms with E-state index in [0.29, 0.717) is 64.2 Å². The summed E-state index contributed by atoms with van der Waals surface area (Å²) in [5, 5.41) is 38.1. The number of aromatic nitrogens is 5. The van der Waals surface area contributed by atoms with Gasteiger partial charge in [0.2, 0.25) is 0 Å². The maximum absolute atomic E-state index is 13.1. The summed E-state index contributed by atoms with van der Waals surface area (Å²) < 4.78 is 8.83. The van der Waals surface area contributed by atoms with Gasteiger partial charge in [0.1, 0.15) is 23.4 Å². The van der Waals surface area contributed by atoms with Crippen LogP contribution >= 0.6 is 0 Å². The van der Waals surface area contributed by atoms with E-state index in [0.717, 1.165) is 10.9 Å². The first kappa shape index (κ1) is 28.8. The summed E-state index contributed by atoms with van der Waals surface area (Å²) in [4.78, 5) is 17.5. The van der Waals surface area contributed by atoms with E-state index in [1.54, 1.807) is 23.9 Å².